The monoisotopic (exact) mass is 441 g/mol. The Morgan fingerprint density at radius 1 is 1.25 bits per heavy atom. The Hall–Kier alpha value is -3.00. The summed E-state index contributed by atoms with van der Waals surface area (Å²) in [6, 6.07) is 5.88. The number of ether oxygens (including phenoxy) is 2. The van der Waals surface area contributed by atoms with Gasteiger partial charge in [-0.2, -0.15) is 0 Å². The van der Waals surface area contributed by atoms with Crippen LogP contribution in [0.2, 0.25) is 0 Å². The van der Waals surface area contributed by atoms with E-state index in [1.54, 1.807) is 14.2 Å². The van der Waals surface area contributed by atoms with Crippen LogP contribution in [0.5, 0.6) is 11.5 Å². The molecule has 32 heavy (non-hydrogen) atoms. The quantitative estimate of drug-likeness (QED) is 0.415. The molecule has 2 aliphatic rings. The molecule has 174 valence electrons. The van der Waals surface area contributed by atoms with Gasteiger partial charge in [-0.1, -0.05) is 25.8 Å². The summed E-state index contributed by atoms with van der Waals surface area (Å²) in [6.07, 6.45) is 7.65. The summed E-state index contributed by atoms with van der Waals surface area (Å²) in [5.41, 5.74) is 2.22. The molecule has 0 fully saturated rings. The van der Waals surface area contributed by atoms with E-state index < -0.39 is 5.54 Å². The van der Waals surface area contributed by atoms with Gasteiger partial charge in [0.05, 0.1) is 37.7 Å². The molecule has 0 radical (unpaired) electrons. The maximum absolute atomic E-state index is 11.9. The number of carbonyl (C=O) groups excluding carboxylic acids is 1. The highest BCUT2D eigenvalue weighted by molar-refractivity contribution is 5.84. The minimum atomic E-state index is -0.639. The van der Waals surface area contributed by atoms with E-state index in [4.69, 9.17) is 14.5 Å². The zero-order valence-corrected chi connectivity index (χ0v) is 19.6. The van der Waals surface area contributed by atoms with Crippen LogP contribution in [0.3, 0.4) is 0 Å². The van der Waals surface area contributed by atoms with Crippen LogP contribution < -0.4 is 30.7 Å². The van der Waals surface area contributed by atoms with Crippen LogP contribution in [-0.4, -0.2) is 44.2 Å². The molecular weight excluding hydrogens is 406 g/mol. The van der Waals surface area contributed by atoms with Crippen LogP contribution in [0.25, 0.3) is 0 Å². The first-order valence-corrected chi connectivity index (χ1v) is 11.1. The van der Waals surface area contributed by atoms with Gasteiger partial charge in [-0.3, -0.25) is 5.32 Å². The van der Waals surface area contributed by atoms with Gasteiger partial charge >= 0.3 is 0 Å². The molecule has 0 saturated heterocycles. The Kier molecular flexibility index (Phi) is 7.80. The fourth-order valence-electron chi connectivity index (χ4n) is 3.80. The third kappa shape index (κ3) is 5.62. The van der Waals surface area contributed by atoms with Gasteiger partial charge in [-0.05, 0) is 38.5 Å². The molecule has 0 amide bonds. The number of aliphatic imine (C=N–C) groups is 1. The molecule has 3 rings (SSSR count). The number of unbranched alkanes of at least 4 members (excludes halogenated alkanes) is 1. The lowest BCUT2D eigenvalue weighted by Crippen LogP contribution is -2.64. The van der Waals surface area contributed by atoms with Crippen molar-refractivity contribution in [3.63, 3.8) is 0 Å². The van der Waals surface area contributed by atoms with E-state index in [0.29, 0.717) is 12.5 Å². The van der Waals surface area contributed by atoms with Crippen molar-refractivity contribution in [3.05, 3.63) is 47.3 Å². The molecule has 2 unspecified atom stereocenters. The Bertz CT molecular complexity index is 911. The third-order valence-corrected chi connectivity index (χ3v) is 5.73. The fourth-order valence-corrected chi connectivity index (χ4v) is 3.80. The molecule has 1 aromatic rings. The van der Waals surface area contributed by atoms with Crippen molar-refractivity contribution in [2.45, 2.75) is 64.3 Å². The predicted molar refractivity (Wildman–Crippen MR) is 127 cm³/mol. The molecule has 3 atom stereocenters. The molecule has 2 aliphatic heterocycles. The van der Waals surface area contributed by atoms with Crippen molar-refractivity contribution in [1.82, 2.24) is 21.3 Å². The van der Waals surface area contributed by atoms with Gasteiger partial charge in [0.15, 0.2) is 5.96 Å². The molecule has 8 heteroatoms. The van der Waals surface area contributed by atoms with Crippen molar-refractivity contribution in [1.29, 1.82) is 0 Å². The zero-order valence-electron chi connectivity index (χ0n) is 19.6. The number of benzene rings is 1. The number of dihydropyridines is 1. The second-order valence-corrected chi connectivity index (χ2v) is 8.45. The van der Waals surface area contributed by atoms with E-state index in [-0.39, 0.29) is 12.2 Å². The lowest BCUT2D eigenvalue weighted by molar-refractivity contribution is -0.113. The number of hydrogen-bond acceptors (Lipinski definition) is 6. The van der Waals surface area contributed by atoms with Crippen LogP contribution in [-0.2, 0) is 11.3 Å². The molecule has 0 saturated carbocycles. The minimum Gasteiger partial charge on any atom is -0.497 e. The van der Waals surface area contributed by atoms with Gasteiger partial charge in [0.25, 0.3) is 0 Å². The maximum Gasteiger partial charge on any atom is 0.197 e. The number of methoxy groups -OCH3 is 2. The first-order valence-electron chi connectivity index (χ1n) is 11.1. The summed E-state index contributed by atoms with van der Waals surface area (Å²) in [5.74, 6) is 2.09. The molecule has 0 aliphatic carbocycles. The van der Waals surface area contributed by atoms with Crippen molar-refractivity contribution in [2.75, 3.05) is 14.2 Å². The Labute approximate surface area is 190 Å². The predicted octanol–water partition coefficient (Wildman–Crippen LogP) is 2.58. The summed E-state index contributed by atoms with van der Waals surface area (Å²) in [7, 11) is 3.26. The summed E-state index contributed by atoms with van der Waals surface area (Å²) in [4.78, 5) is 16.7. The maximum atomic E-state index is 11.9. The first kappa shape index (κ1) is 23.7. The van der Waals surface area contributed by atoms with Crippen LogP contribution in [0, 0.1) is 0 Å². The molecule has 0 aromatic heterocycles. The Balaban J connectivity index is 1.84. The van der Waals surface area contributed by atoms with Crippen LogP contribution >= 0.6 is 0 Å². The van der Waals surface area contributed by atoms with Crippen LogP contribution in [0.15, 0.2) is 46.7 Å². The smallest absolute Gasteiger partial charge is 0.197 e. The number of guanidine groups is 1. The third-order valence-electron chi connectivity index (χ3n) is 5.73. The first-order chi connectivity index (χ1) is 15.4. The molecular formula is C24H35N5O3. The fraction of sp³-hybridized carbons (Fsp3) is 0.500. The molecule has 0 spiro atoms. The minimum absolute atomic E-state index is 0.196. The van der Waals surface area contributed by atoms with Gasteiger partial charge < -0.3 is 30.2 Å². The second kappa shape index (κ2) is 10.5. The van der Waals surface area contributed by atoms with Crippen molar-refractivity contribution in [3.8, 4) is 11.5 Å². The summed E-state index contributed by atoms with van der Waals surface area (Å²) in [5, 5.41) is 13.8. The number of carbonyl (C=O) groups is 1. The average molecular weight is 442 g/mol. The van der Waals surface area contributed by atoms with Gasteiger partial charge in [0.2, 0.25) is 0 Å². The van der Waals surface area contributed by atoms with Crippen molar-refractivity contribution in [2.24, 2.45) is 4.99 Å². The van der Waals surface area contributed by atoms with Gasteiger partial charge in [-0.15, -0.1) is 0 Å². The molecule has 8 nitrogen and oxygen atoms in total. The van der Waals surface area contributed by atoms with E-state index in [1.165, 1.54) is 0 Å². The Morgan fingerprint density at radius 3 is 2.75 bits per heavy atom. The normalized spacial score (nSPS) is 22.8. The summed E-state index contributed by atoms with van der Waals surface area (Å²) >= 11 is 0. The van der Waals surface area contributed by atoms with Gasteiger partial charge in [0, 0.05) is 17.7 Å². The molecule has 2 heterocycles. The lowest BCUT2D eigenvalue weighted by Gasteiger charge is -2.39. The highest BCUT2D eigenvalue weighted by Gasteiger charge is 2.33. The largest absolute Gasteiger partial charge is 0.497 e. The number of aldehydes is 1. The topological polar surface area (TPSA) is 96.0 Å². The molecule has 4 N–H and O–H groups in total. The number of allylic oxidation sites excluding steroid dienone is 1. The highest BCUT2D eigenvalue weighted by Crippen LogP contribution is 2.25. The average Bonchev–Trinajstić information content (AvgIpc) is 2.81. The highest BCUT2D eigenvalue weighted by atomic mass is 16.5. The summed E-state index contributed by atoms with van der Waals surface area (Å²) in [6.45, 7) is 6.59. The van der Waals surface area contributed by atoms with E-state index in [0.717, 1.165) is 54.0 Å². The second-order valence-electron chi connectivity index (χ2n) is 8.45. The SMILES string of the molecule is CCCCC(C)(C=O)N[C@H]1NC(=NCc2ccc(OC)cc2OC)NC2=C1NC(C)C=C2. The van der Waals surface area contributed by atoms with Crippen molar-refractivity contribution >= 4 is 12.2 Å². The molecule has 0 bridgehead atoms. The number of rotatable bonds is 10. The summed E-state index contributed by atoms with van der Waals surface area (Å²) < 4.78 is 10.8. The zero-order chi connectivity index (χ0) is 23.1. The lowest BCUT2D eigenvalue weighted by atomic mass is 9.95. The van der Waals surface area contributed by atoms with Crippen molar-refractivity contribution < 1.29 is 14.3 Å². The van der Waals surface area contributed by atoms with E-state index >= 15 is 0 Å². The van der Waals surface area contributed by atoms with Crippen LogP contribution in [0.1, 0.15) is 45.6 Å². The number of hydrogen-bond donors (Lipinski definition) is 4. The van der Waals surface area contributed by atoms with E-state index in [9.17, 15) is 4.79 Å². The number of nitrogens with one attached hydrogen (secondary N) is 4. The number of nitrogens with zero attached hydrogens (tertiary/aromatic N) is 1. The van der Waals surface area contributed by atoms with Crippen LogP contribution in [0.4, 0.5) is 0 Å². The standard InChI is InChI=1S/C24H35N5O3/c1-6-7-12-24(3,15-30)29-22-21-19(11-8-16(2)26-21)27-23(28-22)25-14-17-9-10-18(31-4)13-20(17)32-5/h8-11,13,15-16,22,26,29H,6-7,12,14H2,1-5H3,(H2,25,27,28)/t16?,22-,24?/m1/s1. The Morgan fingerprint density at radius 2 is 2.06 bits per heavy atom. The van der Waals surface area contributed by atoms with E-state index in [2.05, 4.69) is 47.3 Å². The van der Waals surface area contributed by atoms with Gasteiger partial charge in [-0.25, -0.2) is 4.99 Å². The van der Waals surface area contributed by atoms with Gasteiger partial charge in [0.1, 0.15) is 24.0 Å². The molecule has 1 aromatic carbocycles. The van der Waals surface area contributed by atoms with E-state index in [1.807, 2.05) is 25.1 Å².